The Bertz CT molecular complexity index is 980. The number of halogens is 4. The van der Waals surface area contributed by atoms with Gasteiger partial charge in [-0.1, -0.05) is 36.4 Å². The second-order valence-electron chi connectivity index (χ2n) is 6.72. The van der Waals surface area contributed by atoms with Gasteiger partial charge >= 0.3 is 6.18 Å². The van der Waals surface area contributed by atoms with Crippen LogP contribution in [0.5, 0.6) is 5.75 Å². The molecule has 7 heteroatoms. The van der Waals surface area contributed by atoms with Gasteiger partial charge < -0.3 is 4.74 Å². The summed E-state index contributed by atoms with van der Waals surface area (Å²) in [6.07, 6.45) is -2.13. The highest BCUT2D eigenvalue weighted by Crippen LogP contribution is 2.33. The summed E-state index contributed by atoms with van der Waals surface area (Å²) in [5, 5.41) is 4.08. The van der Waals surface area contributed by atoms with Gasteiger partial charge in [0.25, 0.3) is 0 Å². The third-order valence-electron chi connectivity index (χ3n) is 4.88. The molecular weight excluding hydrogens is 372 g/mol. The zero-order valence-electron chi connectivity index (χ0n) is 15.0. The molecule has 28 heavy (non-hydrogen) atoms. The van der Waals surface area contributed by atoms with E-state index in [0.717, 1.165) is 29.2 Å². The highest BCUT2D eigenvalue weighted by Gasteiger charge is 2.36. The number of benzene rings is 2. The van der Waals surface area contributed by atoms with Crippen molar-refractivity contribution in [3.8, 4) is 17.0 Å². The van der Waals surface area contributed by atoms with Gasteiger partial charge in [-0.25, -0.2) is 4.39 Å². The fourth-order valence-electron chi connectivity index (χ4n) is 3.52. The molecule has 0 N–H and O–H groups in total. The summed E-state index contributed by atoms with van der Waals surface area (Å²) in [6, 6.07) is 13.0. The Hall–Kier alpha value is -2.83. The lowest BCUT2D eigenvalue weighted by molar-refractivity contribution is -0.144. The van der Waals surface area contributed by atoms with Gasteiger partial charge in [-0.2, -0.15) is 18.3 Å². The van der Waals surface area contributed by atoms with E-state index in [1.807, 2.05) is 6.07 Å². The summed E-state index contributed by atoms with van der Waals surface area (Å²) in [4.78, 5) is 0. The minimum atomic E-state index is -4.54. The lowest BCUT2D eigenvalue weighted by Crippen LogP contribution is -2.18. The molecule has 0 fully saturated rings. The van der Waals surface area contributed by atoms with Crippen LogP contribution in [0.3, 0.4) is 0 Å². The largest absolute Gasteiger partial charge is 0.489 e. The van der Waals surface area contributed by atoms with Crippen molar-refractivity contribution >= 4 is 0 Å². The third kappa shape index (κ3) is 3.61. The lowest BCUT2D eigenvalue weighted by Gasteiger charge is -2.12. The first kappa shape index (κ1) is 18.5. The molecule has 0 bridgehead atoms. The molecule has 0 saturated carbocycles. The van der Waals surface area contributed by atoms with E-state index >= 15 is 0 Å². The Balaban J connectivity index is 1.52. The Morgan fingerprint density at radius 2 is 1.82 bits per heavy atom. The summed E-state index contributed by atoms with van der Waals surface area (Å²) >= 11 is 0. The van der Waals surface area contributed by atoms with Gasteiger partial charge in [-0.3, -0.25) is 4.68 Å². The molecule has 0 amide bonds. The highest BCUT2D eigenvalue weighted by molar-refractivity contribution is 5.59. The minimum absolute atomic E-state index is 0.0737. The number of alkyl halides is 3. The summed E-state index contributed by atoms with van der Waals surface area (Å²) in [5.41, 5.74) is 1.60. The second-order valence-corrected chi connectivity index (χ2v) is 6.72. The molecule has 1 aliphatic rings. The fraction of sp³-hybridized carbons (Fsp3) is 0.286. The van der Waals surface area contributed by atoms with Crippen molar-refractivity contribution in [3.63, 3.8) is 0 Å². The first-order chi connectivity index (χ1) is 13.4. The Labute approximate surface area is 159 Å². The van der Waals surface area contributed by atoms with E-state index in [-0.39, 0.29) is 24.6 Å². The predicted molar refractivity (Wildman–Crippen MR) is 96.6 cm³/mol. The van der Waals surface area contributed by atoms with Gasteiger partial charge in [0, 0.05) is 5.56 Å². The number of rotatable bonds is 5. The van der Waals surface area contributed by atoms with Gasteiger partial charge in [0.15, 0.2) is 11.6 Å². The standard InChI is InChI=1S/C21H18F4N2O/c22-20-16-8-4-7-14(16)9-10-18(20)28-12-11-27-19(21(23,24)25)13-17(26-27)15-5-2-1-3-6-15/h1-3,5-6,9-10,13H,4,7-8,11-12H2. The molecule has 4 rings (SSSR count). The second kappa shape index (κ2) is 7.30. The van der Waals surface area contributed by atoms with Crippen LogP contribution in [0.2, 0.25) is 0 Å². The quantitative estimate of drug-likeness (QED) is 0.555. The fourth-order valence-corrected chi connectivity index (χ4v) is 3.52. The normalized spacial score (nSPS) is 13.6. The van der Waals surface area contributed by atoms with Crippen LogP contribution in [0.15, 0.2) is 48.5 Å². The lowest BCUT2D eigenvalue weighted by atomic mass is 10.1. The summed E-state index contributed by atoms with van der Waals surface area (Å²) in [5.74, 6) is -0.332. The Morgan fingerprint density at radius 1 is 1.04 bits per heavy atom. The maximum Gasteiger partial charge on any atom is 0.433 e. The van der Waals surface area contributed by atoms with E-state index in [9.17, 15) is 17.6 Å². The van der Waals surface area contributed by atoms with Crippen LogP contribution in [0.1, 0.15) is 23.2 Å². The highest BCUT2D eigenvalue weighted by atomic mass is 19.4. The first-order valence-electron chi connectivity index (χ1n) is 9.07. The summed E-state index contributed by atoms with van der Waals surface area (Å²) in [6.45, 7) is -0.257. The van der Waals surface area contributed by atoms with Crippen molar-refractivity contribution in [2.45, 2.75) is 32.0 Å². The molecule has 146 valence electrons. The van der Waals surface area contributed by atoms with Crippen molar-refractivity contribution in [3.05, 3.63) is 71.2 Å². The van der Waals surface area contributed by atoms with Gasteiger partial charge in [-0.05, 0) is 42.5 Å². The molecule has 1 aliphatic carbocycles. The van der Waals surface area contributed by atoms with Crippen LogP contribution in [0.4, 0.5) is 17.6 Å². The molecule has 0 aliphatic heterocycles. The predicted octanol–water partition coefficient (Wildman–Crippen LogP) is 5.28. The Kier molecular flexibility index (Phi) is 4.83. The molecule has 0 atom stereocenters. The molecule has 3 nitrogen and oxygen atoms in total. The molecule has 3 aromatic rings. The average Bonchev–Trinajstić information content (AvgIpc) is 3.31. The number of hydrogen-bond donors (Lipinski definition) is 0. The van der Waals surface area contributed by atoms with E-state index in [2.05, 4.69) is 5.10 Å². The molecule has 0 radical (unpaired) electrons. The van der Waals surface area contributed by atoms with E-state index in [4.69, 9.17) is 4.74 Å². The molecule has 2 aromatic carbocycles. The zero-order chi connectivity index (χ0) is 19.7. The summed E-state index contributed by atoms with van der Waals surface area (Å²) < 4.78 is 60.9. The average molecular weight is 390 g/mol. The number of aryl methyl sites for hydroxylation is 1. The van der Waals surface area contributed by atoms with E-state index in [1.165, 1.54) is 0 Å². The molecule has 0 spiro atoms. The molecule has 1 aromatic heterocycles. The van der Waals surface area contributed by atoms with Crippen LogP contribution < -0.4 is 4.74 Å². The molecule has 0 saturated heterocycles. The van der Waals surface area contributed by atoms with Gasteiger partial charge in [0.1, 0.15) is 12.3 Å². The smallest absolute Gasteiger partial charge is 0.433 e. The van der Waals surface area contributed by atoms with Gasteiger partial charge in [0.2, 0.25) is 0 Å². The number of nitrogens with zero attached hydrogens (tertiary/aromatic N) is 2. The number of ether oxygens (including phenoxy) is 1. The van der Waals surface area contributed by atoms with Crippen molar-refractivity contribution < 1.29 is 22.3 Å². The van der Waals surface area contributed by atoms with Crippen molar-refractivity contribution in [2.24, 2.45) is 0 Å². The summed E-state index contributed by atoms with van der Waals surface area (Å²) in [7, 11) is 0. The maximum atomic E-state index is 14.5. The van der Waals surface area contributed by atoms with Crippen LogP contribution in [-0.4, -0.2) is 16.4 Å². The third-order valence-corrected chi connectivity index (χ3v) is 4.88. The van der Waals surface area contributed by atoms with Crippen LogP contribution >= 0.6 is 0 Å². The van der Waals surface area contributed by atoms with Gasteiger partial charge in [-0.15, -0.1) is 0 Å². The monoisotopic (exact) mass is 390 g/mol. The number of hydrogen-bond acceptors (Lipinski definition) is 2. The molecule has 1 heterocycles. The SMILES string of the molecule is Fc1c(OCCn2nc(-c3ccccc3)cc2C(F)(F)F)ccc2c1CCC2. The van der Waals surface area contributed by atoms with Gasteiger partial charge in [0.05, 0.1) is 12.2 Å². The topological polar surface area (TPSA) is 27.1 Å². The van der Waals surface area contributed by atoms with E-state index in [0.29, 0.717) is 17.5 Å². The van der Waals surface area contributed by atoms with Crippen LogP contribution in [0.25, 0.3) is 11.3 Å². The van der Waals surface area contributed by atoms with E-state index < -0.39 is 17.7 Å². The van der Waals surface area contributed by atoms with Crippen molar-refractivity contribution in [1.82, 2.24) is 9.78 Å². The van der Waals surface area contributed by atoms with Crippen molar-refractivity contribution in [2.75, 3.05) is 6.61 Å². The maximum absolute atomic E-state index is 14.5. The van der Waals surface area contributed by atoms with Crippen molar-refractivity contribution in [1.29, 1.82) is 0 Å². The van der Waals surface area contributed by atoms with Crippen LogP contribution in [0, 0.1) is 5.82 Å². The molecular formula is C21H18F4N2O. The number of fused-ring (bicyclic) bond motifs is 1. The Morgan fingerprint density at radius 3 is 2.57 bits per heavy atom. The number of aromatic nitrogens is 2. The first-order valence-corrected chi connectivity index (χ1v) is 9.07. The minimum Gasteiger partial charge on any atom is -0.489 e. The van der Waals surface area contributed by atoms with Crippen LogP contribution in [-0.2, 0) is 25.6 Å². The molecule has 0 unspecified atom stereocenters. The zero-order valence-corrected chi connectivity index (χ0v) is 15.0. The van der Waals surface area contributed by atoms with E-state index in [1.54, 1.807) is 36.4 Å².